The van der Waals surface area contributed by atoms with Gasteiger partial charge >= 0.3 is 11.8 Å². The van der Waals surface area contributed by atoms with E-state index in [9.17, 15) is 14.7 Å². The van der Waals surface area contributed by atoms with Gasteiger partial charge in [0, 0.05) is 17.5 Å². The summed E-state index contributed by atoms with van der Waals surface area (Å²) in [5.74, 6) is 0.153. The first kappa shape index (κ1) is 16.5. The van der Waals surface area contributed by atoms with Crippen molar-refractivity contribution in [2.45, 2.75) is 33.0 Å². The van der Waals surface area contributed by atoms with Gasteiger partial charge in [0.05, 0.1) is 11.1 Å². The summed E-state index contributed by atoms with van der Waals surface area (Å²) in [5, 5.41) is 9.84. The fraction of sp³-hybridized carbons (Fsp3) is 0.333. The van der Waals surface area contributed by atoms with Crippen molar-refractivity contribution < 1.29 is 23.8 Å². The van der Waals surface area contributed by atoms with Crippen molar-refractivity contribution in [1.29, 1.82) is 0 Å². The predicted octanol–water partition coefficient (Wildman–Crippen LogP) is 3.36. The number of aliphatic hydroxyl groups is 1. The first-order chi connectivity index (χ1) is 10.2. The number of halogens is 1. The number of aliphatic hydroxyl groups excluding tert-OH is 1. The second-order valence-electron chi connectivity index (χ2n) is 5.59. The van der Waals surface area contributed by atoms with Crippen molar-refractivity contribution in [2.75, 3.05) is 0 Å². The van der Waals surface area contributed by atoms with Crippen LogP contribution in [0.25, 0.3) is 11.0 Å². The third-order valence-corrected chi connectivity index (χ3v) is 3.26. The lowest BCUT2D eigenvalue weighted by atomic mass is 10.1. The van der Waals surface area contributed by atoms with Gasteiger partial charge in [-0.15, -0.1) is 0 Å². The van der Waals surface area contributed by atoms with Gasteiger partial charge in [0.25, 0.3) is 0 Å². The minimum Gasteiger partial charge on any atom is -0.428 e. The summed E-state index contributed by atoms with van der Waals surface area (Å²) in [6, 6.07) is 4.20. The minimum absolute atomic E-state index is 0.153. The van der Waals surface area contributed by atoms with Crippen molar-refractivity contribution in [1.82, 2.24) is 0 Å². The molecule has 1 N–H and O–H groups in total. The van der Waals surface area contributed by atoms with Crippen LogP contribution in [0, 0.1) is 0 Å². The number of hydrogen-bond acceptors (Lipinski definition) is 6. The number of benzene rings is 1. The molecule has 0 atom stereocenters. The first-order valence-electron chi connectivity index (χ1n) is 6.47. The molecule has 2 rings (SSSR count). The number of rotatable bonds is 2. The third kappa shape index (κ3) is 3.86. The third-order valence-electron chi connectivity index (χ3n) is 2.64. The lowest BCUT2D eigenvalue weighted by Gasteiger charge is -2.19. The lowest BCUT2D eigenvalue weighted by Crippen LogP contribution is -2.26. The van der Waals surface area contributed by atoms with Crippen LogP contribution in [0.4, 0.5) is 4.79 Å². The summed E-state index contributed by atoms with van der Waals surface area (Å²) < 4.78 is 15.7. The van der Waals surface area contributed by atoms with E-state index >= 15 is 0 Å². The summed E-state index contributed by atoms with van der Waals surface area (Å²) in [7, 11) is 0. The highest BCUT2D eigenvalue weighted by atomic mass is 79.9. The van der Waals surface area contributed by atoms with Gasteiger partial charge in [0.15, 0.2) is 5.75 Å². The number of carbonyl (C=O) groups is 1. The van der Waals surface area contributed by atoms with E-state index in [0.29, 0.717) is 15.4 Å². The van der Waals surface area contributed by atoms with E-state index in [1.807, 2.05) is 0 Å². The van der Waals surface area contributed by atoms with Crippen LogP contribution in [-0.2, 0) is 11.3 Å². The molecule has 0 fully saturated rings. The highest BCUT2D eigenvalue weighted by Gasteiger charge is 2.20. The van der Waals surface area contributed by atoms with Gasteiger partial charge in [-0.25, -0.2) is 9.59 Å². The molecule has 0 unspecified atom stereocenters. The normalized spacial score (nSPS) is 11.5. The zero-order chi connectivity index (χ0) is 16.5. The Kier molecular flexibility index (Phi) is 4.58. The van der Waals surface area contributed by atoms with Gasteiger partial charge in [-0.1, -0.05) is 0 Å². The number of carbonyl (C=O) groups excluding carboxylic acids is 1. The van der Waals surface area contributed by atoms with Gasteiger partial charge in [0.2, 0.25) is 0 Å². The molecule has 0 aliphatic rings. The quantitative estimate of drug-likeness (QED) is 0.495. The summed E-state index contributed by atoms with van der Waals surface area (Å²) >= 11 is 3.27. The fourth-order valence-electron chi connectivity index (χ4n) is 1.80. The Balaban J connectivity index is 2.42. The Morgan fingerprint density at radius 1 is 1.32 bits per heavy atom. The molecule has 0 bridgehead atoms. The maximum Gasteiger partial charge on any atom is 0.514 e. The SMILES string of the molecule is CC(C)(C)OC(=O)Oc1cc2oc(=O)cc(CO)c2cc1Br. The molecule has 1 aromatic heterocycles. The van der Waals surface area contributed by atoms with Crippen molar-refractivity contribution in [2.24, 2.45) is 0 Å². The molecular weight excluding hydrogens is 356 g/mol. The Labute approximate surface area is 134 Å². The predicted molar refractivity (Wildman–Crippen MR) is 83.0 cm³/mol. The molecule has 0 radical (unpaired) electrons. The zero-order valence-electron chi connectivity index (χ0n) is 12.3. The Hall–Kier alpha value is -1.86. The highest BCUT2D eigenvalue weighted by molar-refractivity contribution is 9.10. The van der Waals surface area contributed by atoms with Crippen molar-refractivity contribution in [3.63, 3.8) is 0 Å². The minimum atomic E-state index is -0.867. The van der Waals surface area contributed by atoms with E-state index in [2.05, 4.69) is 15.9 Å². The summed E-state index contributed by atoms with van der Waals surface area (Å²) in [6.45, 7) is 4.85. The lowest BCUT2D eigenvalue weighted by molar-refractivity contribution is 0.0205. The topological polar surface area (TPSA) is 86.0 Å². The summed E-state index contributed by atoms with van der Waals surface area (Å²) in [6.07, 6.45) is -0.867. The zero-order valence-corrected chi connectivity index (χ0v) is 13.9. The van der Waals surface area contributed by atoms with Crippen LogP contribution in [0.3, 0.4) is 0 Å². The molecule has 7 heteroatoms. The number of fused-ring (bicyclic) bond motifs is 1. The molecule has 118 valence electrons. The number of hydrogen-bond donors (Lipinski definition) is 1. The molecule has 0 spiro atoms. The average molecular weight is 371 g/mol. The van der Waals surface area contributed by atoms with Crippen molar-refractivity contribution in [3.8, 4) is 5.75 Å². The van der Waals surface area contributed by atoms with E-state index in [0.717, 1.165) is 0 Å². The van der Waals surface area contributed by atoms with Crippen LogP contribution in [0.2, 0.25) is 0 Å². The van der Waals surface area contributed by atoms with E-state index in [1.165, 1.54) is 12.1 Å². The van der Waals surface area contributed by atoms with Crippen LogP contribution in [-0.4, -0.2) is 16.9 Å². The first-order valence-corrected chi connectivity index (χ1v) is 7.27. The monoisotopic (exact) mass is 370 g/mol. The van der Waals surface area contributed by atoms with Gasteiger partial charge in [-0.3, -0.25) is 0 Å². The van der Waals surface area contributed by atoms with Gasteiger partial charge in [-0.2, -0.15) is 0 Å². The standard InChI is InChI=1S/C15H15BrO6/c1-15(2,3)22-14(19)21-12-6-11-9(5-10(12)16)8(7-17)4-13(18)20-11/h4-6,17H,7H2,1-3H3. The van der Waals surface area contributed by atoms with Crippen LogP contribution in [0.5, 0.6) is 5.75 Å². The molecule has 0 aliphatic heterocycles. The fourth-order valence-corrected chi connectivity index (χ4v) is 2.22. The van der Waals surface area contributed by atoms with Crippen LogP contribution >= 0.6 is 15.9 Å². The second kappa shape index (κ2) is 6.10. The van der Waals surface area contributed by atoms with Crippen LogP contribution in [0.1, 0.15) is 26.3 Å². The molecule has 0 aliphatic carbocycles. The van der Waals surface area contributed by atoms with Crippen LogP contribution in [0.15, 0.2) is 31.9 Å². The molecule has 0 amide bonds. The van der Waals surface area contributed by atoms with Gasteiger partial charge < -0.3 is 19.0 Å². The van der Waals surface area contributed by atoms with E-state index in [-0.39, 0.29) is 17.9 Å². The summed E-state index contributed by atoms with van der Waals surface area (Å²) in [4.78, 5) is 23.2. The molecule has 0 saturated carbocycles. The molecule has 0 saturated heterocycles. The van der Waals surface area contributed by atoms with Crippen molar-refractivity contribution in [3.05, 3.63) is 38.7 Å². The van der Waals surface area contributed by atoms with E-state index in [4.69, 9.17) is 13.9 Å². The second-order valence-corrected chi connectivity index (χ2v) is 6.45. The van der Waals surface area contributed by atoms with E-state index in [1.54, 1.807) is 26.8 Å². The maximum absolute atomic E-state index is 11.7. The molecule has 2 aromatic rings. The largest absolute Gasteiger partial charge is 0.514 e. The van der Waals surface area contributed by atoms with Gasteiger partial charge in [0.1, 0.15) is 11.2 Å². The van der Waals surface area contributed by atoms with E-state index < -0.39 is 17.4 Å². The molecule has 1 heterocycles. The van der Waals surface area contributed by atoms with Gasteiger partial charge in [-0.05, 0) is 48.3 Å². The highest BCUT2D eigenvalue weighted by Crippen LogP contribution is 2.32. The average Bonchev–Trinajstić information content (AvgIpc) is 2.37. The van der Waals surface area contributed by atoms with Crippen molar-refractivity contribution >= 4 is 33.1 Å². The summed E-state index contributed by atoms with van der Waals surface area (Å²) in [5.41, 5.74) is -0.645. The number of ether oxygens (including phenoxy) is 2. The van der Waals surface area contributed by atoms with Crippen LogP contribution < -0.4 is 10.4 Å². The maximum atomic E-state index is 11.7. The smallest absolute Gasteiger partial charge is 0.428 e. The Morgan fingerprint density at radius 3 is 2.59 bits per heavy atom. The Bertz CT molecular complexity index is 772. The molecule has 22 heavy (non-hydrogen) atoms. The molecule has 6 nitrogen and oxygen atoms in total. The molecular formula is C15H15BrO6. The Morgan fingerprint density at radius 2 is 2.00 bits per heavy atom. The molecule has 1 aromatic carbocycles.